The van der Waals surface area contributed by atoms with E-state index < -0.39 is 11.1 Å². The maximum atomic E-state index is 11.5. The molecule has 1 aromatic carbocycles. The lowest BCUT2D eigenvalue weighted by molar-refractivity contribution is -0.384. The van der Waals surface area contributed by atoms with Gasteiger partial charge in [-0.25, -0.2) is 4.21 Å². The van der Waals surface area contributed by atoms with Crippen molar-refractivity contribution in [3.05, 3.63) is 26.7 Å². The quantitative estimate of drug-likeness (QED) is 0.327. The predicted molar refractivity (Wildman–Crippen MR) is 121 cm³/mol. The van der Waals surface area contributed by atoms with Crippen LogP contribution in [-0.2, 0) is 11.1 Å². The Morgan fingerprint density at radius 3 is 2.47 bits per heavy atom. The SMILES string of the molecule is COc1cc(N2CCC(N3CCN(CCCS(=O)O)CC3)CC2)c([N+](=O)[O-])cc1Br. The zero-order valence-corrected chi connectivity index (χ0v) is 19.6. The molecule has 11 heteroatoms. The maximum Gasteiger partial charge on any atom is 0.293 e. The first kappa shape index (κ1) is 23.4. The summed E-state index contributed by atoms with van der Waals surface area (Å²) >= 11 is 1.63. The summed E-state index contributed by atoms with van der Waals surface area (Å²) in [6.07, 6.45) is 2.69. The van der Waals surface area contributed by atoms with Crippen molar-refractivity contribution in [1.29, 1.82) is 0 Å². The molecule has 1 aromatic rings. The standard InChI is InChI=1S/C19H29BrN4O5S/c1-29-19-14-17(18(24(25)26)13-16(19)20)23-6-3-15(4-7-23)22-10-8-21(9-11-22)5-2-12-30(27)28/h13-15H,2-12H2,1H3,(H,27,28). The Kier molecular flexibility index (Phi) is 8.46. The Labute approximate surface area is 187 Å². The van der Waals surface area contributed by atoms with Gasteiger partial charge in [-0.15, -0.1) is 0 Å². The van der Waals surface area contributed by atoms with Gasteiger partial charge < -0.3 is 19.1 Å². The smallest absolute Gasteiger partial charge is 0.293 e. The zero-order valence-electron chi connectivity index (χ0n) is 17.2. The van der Waals surface area contributed by atoms with Crippen molar-refractivity contribution in [3.63, 3.8) is 0 Å². The molecule has 0 bridgehead atoms. The molecule has 1 unspecified atom stereocenters. The minimum Gasteiger partial charge on any atom is -0.495 e. The number of rotatable bonds is 8. The number of nitro benzene ring substituents is 1. The molecular weight excluding hydrogens is 476 g/mol. The fraction of sp³-hybridized carbons (Fsp3) is 0.684. The lowest BCUT2D eigenvalue weighted by atomic mass is 10.0. The van der Waals surface area contributed by atoms with Crippen LogP contribution in [0.1, 0.15) is 19.3 Å². The monoisotopic (exact) mass is 504 g/mol. The molecular formula is C19H29BrN4O5S. The van der Waals surface area contributed by atoms with Crippen LogP contribution >= 0.6 is 15.9 Å². The number of methoxy groups -OCH3 is 1. The lowest BCUT2D eigenvalue weighted by Gasteiger charge is -2.43. The number of hydrogen-bond acceptors (Lipinski definition) is 7. The highest BCUT2D eigenvalue weighted by Gasteiger charge is 2.30. The molecule has 1 N–H and O–H groups in total. The highest BCUT2D eigenvalue weighted by atomic mass is 79.9. The van der Waals surface area contributed by atoms with Crippen molar-refractivity contribution in [2.24, 2.45) is 0 Å². The van der Waals surface area contributed by atoms with Gasteiger partial charge in [0.2, 0.25) is 0 Å². The number of hydrogen-bond donors (Lipinski definition) is 1. The van der Waals surface area contributed by atoms with Gasteiger partial charge in [-0.3, -0.25) is 15.0 Å². The number of anilines is 1. The maximum absolute atomic E-state index is 11.5. The Morgan fingerprint density at radius 1 is 1.23 bits per heavy atom. The van der Waals surface area contributed by atoms with Gasteiger partial charge >= 0.3 is 0 Å². The molecule has 0 spiro atoms. The number of ether oxygens (including phenoxy) is 1. The van der Waals surface area contributed by atoms with E-state index in [1.165, 1.54) is 6.07 Å². The van der Waals surface area contributed by atoms with Crippen molar-refractivity contribution >= 4 is 38.4 Å². The largest absolute Gasteiger partial charge is 0.495 e. The zero-order chi connectivity index (χ0) is 21.7. The van der Waals surface area contributed by atoms with Crippen LogP contribution in [0.15, 0.2) is 16.6 Å². The molecule has 2 aliphatic heterocycles. The van der Waals surface area contributed by atoms with Gasteiger partial charge in [0, 0.05) is 57.4 Å². The summed E-state index contributed by atoms with van der Waals surface area (Å²) in [4.78, 5) is 18.2. The van der Waals surface area contributed by atoms with Crippen molar-refractivity contribution in [3.8, 4) is 5.75 Å². The highest BCUT2D eigenvalue weighted by molar-refractivity contribution is 9.10. The van der Waals surface area contributed by atoms with E-state index in [0.717, 1.165) is 65.1 Å². The van der Waals surface area contributed by atoms with Gasteiger partial charge in [0.25, 0.3) is 5.69 Å². The third kappa shape index (κ3) is 5.91. The van der Waals surface area contributed by atoms with Gasteiger partial charge in [-0.1, -0.05) is 0 Å². The molecule has 9 nitrogen and oxygen atoms in total. The Bertz CT molecular complexity index is 768. The molecule has 2 saturated heterocycles. The van der Waals surface area contributed by atoms with E-state index in [0.29, 0.717) is 27.7 Å². The molecule has 1 atom stereocenters. The fourth-order valence-corrected chi connectivity index (χ4v) is 5.19. The first-order valence-electron chi connectivity index (χ1n) is 10.2. The summed E-state index contributed by atoms with van der Waals surface area (Å²) in [5, 5.41) is 11.5. The van der Waals surface area contributed by atoms with E-state index >= 15 is 0 Å². The van der Waals surface area contributed by atoms with Gasteiger partial charge in [0.15, 0.2) is 11.1 Å². The van der Waals surface area contributed by atoms with Crippen molar-refractivity contribution in [2.45, 2.75) is 25.3 Å². The topological polar surface area (TPSA) is 99.4 Å². The van der Waals surface area contributed by atoms with E-state index in [4.69, 9.17) is 9.29 Å². The molecule has 168 valence electrons. The molecule has 0 aliphatic carbocycles. The molecule has 3 rings (SSSR count). The highest BCUT2D eigenvalue weighted by Crippen LogP contribution is 2.39. The van der Waals surface area contributed by atoms with E-state index in [2.05, 4.69) is 30.6 Å². The normalized spacial score (nSPS) is 20.3. The van der Waals surface area contributed by atoms with E-state index in [1.807, 2.05) is 0 Å². The number of benzene rings is 1. The van der Waals surface area contributed by atoms with Crippen LogP contribution in [0.4, 0.5) is 11.4 Å². The first-order valence-corrected chi connectivity index (χ1v) is 12.3. The van der Waals surface area contributed by atoms with Gasteiger partial charge in [0.05, 0.1) is 22.3 Å². The van der Waals surface area contributed by atoms with Crippen LogP contribution in [0.3, 0.4) is 0 Å². The Morgan fingerprint density at radius 2 is 1.90 bits per heavy atom. The van der Waals surface area contributed by atoms with Gasteiger partial charge in [-0.05, 0) is 41.7 Å². The number of halogens is 1. The Hall–Kier alpha value is -1.27. The van der Waals surface area contributed by atoms with Crippen LogP contribution in [0, 0.1) is 10.1 Å². The van der Waals surface area contributed by atoms with E-state index in [-0.39, 0.29) is 10.6 Å². The second-order valence-corrected chi connectivity index (χ2v) is 9.61. The third-order valence-corrected chi connectivity index (χ3v) is 7.23. The fourth-order valence-electron chi connectivity index (χ4n) is 4.32. The summed E-state index contributed by atoms with van der Waals surface area (Å²) < 4.78 is 25.6. The number of piperazine rings is 1. The van der Waals surface area contributed by atoms with E-state index in [1.54, 1.807) is 13.2 Å². The average Bonchev–Trinajstić information content (AvgIpc) is 2.74. The van der Waals surface area contributed by atoms with Gasteiger partial charge in [0.1, 0.15) is 11.4 Å². The molecule has 0 aromatic heterocycles. The van der Waals surface area contributed by atoms with Crippen LogP contribution in [0.25, 0.3) is 0 Å². The second kappa shape index (κ2) is 10.9. The summed E-state index contributed by atoms with van der Waals surface area (Å²) in [7, 11) is 1.56. The average molecular weight is 505 g/mol. The van der Waals surface area contributed by atoms with Gasteiger partial charge in [-0.2, -0.15) is 0 Å². The minimum absolute atomic E-state index is 0.0959. The number of piperidine rings is 1. The minimum atomic E-state index is -1.70. The lowest BCUT2D eigenvalue weighted by Crippen LogP contribution is -2.53. The predicted octanol–water partition coefficient (Wildman–Crippen LogP) is 2.56. The van der Waals surface area contributed by atoms with Crippen LogP contribution in [0.5, 0.6) is 5.75 Å². The molecule has 0 radical (unpaired) electrons. The van der Waals surface area contributed by atoms with Crippen molar-refractivity contribution in [1.82, 2.24) is 9.80 Å². The number of nitrogens with zero attached hydrogens (tertiary/aromatic N) is 4. The molecule has 30 heavy (non-hydrogen) atoms. The first-order chi connectivity index (χ1) is 14.4. The van der Waals surface area contributed by atoms with Crippen LogP contribution in [0.2, 0.25) is 0 Å². The van der Waals surface area contributed by atoms with Crippen molar-refractivity contribution in [2.75, 3.05) is 63.6 Å². The molecule has 2 heterocycles. The molecule has 0 amide bonds. The van der Waals surface area contributed by atoms with E-state index in [9.17, 15) is 14.3 Å². The summed E-state index contributed by atoms with van der Waals surface area (Å²) in [5.74, 6) is 0.935. The number of nitro groups is 1. The molecule has 2 aliphatic rings. The molecule has 2 fully saturated rings. The summed E-state index contributed by atoms with van der Waals surface area (Å²) in [6.45, 7) is 6.38. The summed E-state index contributed by atoms with van der Waals surface area (Å²) in [5.41, 5.74) is 0.711. The Balaban J connectivity index is 1.53. The van der Waals surface area contributed by atoms with Crippen LogP contribution < -0.4 is 9.64 Å². The second-order valence-electron chi connectivity index (χ2n) is 7.71. The third-order valence-electron chi connectivity index (χ3n) is 5.97. The summed E-state index contributed by atoms with van der Waals surface area (Å²) in [6, 6.07) is 3.76. The van der Waals surface area contributed by atoms with Crippen LogP contribution in [-0.4, -0.2) is 88.2 Å². The van der Waals surface area contributed by atoms with Crippen molar-refractivity contribution < 1.29 is 18.4 Å². The molecule has 0 saturated carbocycles.